The summed E-state index contributed by atoms with van der Waals surface area (Å²) in [5.74, 6) is -0.480. The van der Waals surface area contributed by atoms with Crippen LogP contribution < -0.4 is 10.6 Å². The van der Waals surface area contributed by atoms with Gasteiger partial charge in [-0.2, -0.15) is 0 Å². The molecule has 1 heterocycles. The number of hydrogen-bond acceptors (Lipinski definition) is 3. The highest BCUT2D eigenvalue weighted by Crippen LogP contribution is 2.29. The molecule has 2 N–H and O–H groups in total. The van der Waals surface area contributed by atoms with Gasteiger partial charge in [0.25, 0.3) is 11.8 Å². The Morgan fingerprint density at radius 3 is 2.48 bits per heavy atom. The maximum absolute atomic E-state index is 12.6. The Morgan fingerprint density at radius 2 is 1.80 bits per heavy atom. The summed E-state index contributed by atoms with van der Waals surface area (Å²) in [7, 11) is 0. The number of rotatable bonds is 4. The van der Waals surface area contributed by atoms with Gasteiger partial charge in [0.2, 0.25) is 0 Å². The minimum Gasteiger partial charge on any atom is -0.348 e. The quantitative estimate of drug-likeness (QED) is 0.896. The average Bonchev–Trinajstić information content (AvgIpc) is 3.38. The van der Waals surface area contributed by atoms with Crippen molar-refractivity contribution in [2.45, 2.75) is 45.1 Å². The fourth-order valence-electron chi connectivity index (χ4n) is 2.62. The SMILES string of the molecule is CC(C)(C)c1ccccc1NC(=O)c1ccnc(C(=O)NC2CC2)c1. The van der Waals surface area contributed by atoms with Crippen LogP contribution in [0.5, 0.6) is 0 Å². The standard InChI is InChI=1S/C20H23N3O2/c1-20(2,3)15-6-4-5-7-16(15)23-18(24)13-10-11-21-17(12-13)19(25)22-14-8-9-14/h4-7,10-12,14H,8-9H2,1-3H3,(H,22,25)(H,23,24). The highest BCUT2D eigenvalue weighted by atomic mass is 16.2. The summed E-state index contributed by atoms with van der Waals surface area (Å²) in [5, 5.41) is 5.84. The molecule has 2 amide bonds. The zero-order valence-corrected chi connectivity index (χ0v) is 14.8. The molecule has 0 saturated heterocycles. The van der Waals surface area contributed by atoms with Gasteiger partial charge in [0.1, 0.15) is 5.69 Å². The minimum atomic E-state index is -0.250. The monoisotopic (exact) mass is 337 g/mol. The van der Waals surface area contributed by atoms with Gasteiger partial charge < -0.3 is 10.6 Å². The number of carbonyl (C=O) groups excluding carboxylic acids is 2. The molecule has 1 fully saturated rings. The molecule has 1 aromatic carbocycles. The number of anilines is 1. The van der Waals surface area contributed by atoms with Gasteiger partial charge in [0.15, 0.2) is 0 Å². The molecule has 0 spiro atoms. The lowest BCUT2D eigenvalue weighted by Crippen LogP contribution is -2.26. The van der Waals surface area contributed by atoms with Crippen LogP contribution in [-0.4, -0.2) is 22.8 Å². The molecule has 1 aliphatic carbocycles. The Bertz CT molecular complexity index is 805. The third-order valence-electron chi connectivity index (χ3n) is 4.15. The zero-order valence-electron chi connectivity index (χ0n) is 14.8. The van der Waals surface area contributed by atoms with E-state index in [1.165, 1.54) is 12.3 Å². The largest absolute Gasteiger partial charge is 0.348 e. The third kappa shape index (κ3) is 4.24. The lowest BCUT2D eigenvalue weighted by atomic mass is 9.86. The van der Waals surface area contributed by atoms with Crippen molar-refractivity contribution in [2.24, 2.45) is 0 Å². The number of pyridine rings is 1. The smallest absolute Gasteiger partial charge is 0.270 e. The highest BCUT2D eigenvalue weighted by molar-refractivity contribution is 6.06. The number of nitrogens with zero attached hydrogens (tertiary/aromatic N) is 1. The van der Waals surface area contributed by atoms with Gasteiger partial charge in [0.05, 0.1) is 0 Å². The molecule has 0 bridgehead atoms. The van der Waals surface area contributed by atoms with Crippen LogP contribution in [0.4, 0.5) is 5.69 Å². The summed E-state index contributed by atoms with van der Waals surface area (Å²) in [5.41, 5.74) is 2.44. The van der Waals surface area contributed by atoms with Crippen LogP contribution in [0.1, 0.15) is 60.0 Å². The van der Waals surface area contributed by atoms with Crippen LogP contribution in [-0.2, 0) is 5.41 Å². The molecule has 1 saturated carbocycles. The zero-order chi connectivity index (χ0) is 18.0. The molecule has 0 atom stereocenters. The number of amides is 2. The number of benzene rings is 1. The molecule has 3 rings (SSSR count). The van der Waals surface area contributed by atoms with Gasteiger partial charge >= 0.3 is 0 Å². The summed E-state index contributed by atoms with van der Waals surface area (Å²) in [4.78, 5) is 28.8. The average molecular weight is 337 g/mol. The first-order valence-electron chi connectivity index (χ1n) is 8.52. The first-order chi connectivity index (χ1) is 11.8. The van der Waals surface area contributed by atoms with Crippen molar-refractivity contribution in [3.8, 4) is 0 Å². The summed E-state index contributed by atoms with van der Waals surface area (Å²) in [6, 6.07) is 11.2. The maximum Gasteiger partial charge on any atom is 0.270 e. The first-order valence-corrected chi connectivity index (χ1v) is 8.52. The Hall–Kier alpha value is -2.69. The Balaban J connectivity index is 1.79. The molecule has 1 aliphatic rings. The fraction of sp³-hybridized carbons (Fsp3) is 0.350. The van der Waals surface area contributed by atoms with E-state index in [0.717, 1.165) is 24.1 Å². The number of nitrogens with one attached hydrogen (secondary N) is 2. The van der Waals surface area contributed by atoms with E-state index in [2.05, 4.69) is 36.4 Å². The van der Waals surface area contributed by atoms with Gasteiger partial charge in [0, 0.05) is 23.5 Å². The molecule has 0 aliphatic heterocycles. The molecule has 0 radical (unpaired) electrons. The summed E-state index contributed by atoms with van der Waals surface area (Å²) < 4.78 is 0. The van der Waals surface area contributed by atoms with E-state index >= 15 is 0 Å². The predicted octanol–water partition coefficient (Wildman–Crippen LogP) is 3.52. The van der Waals surface area contributed by atoms with Crippen LogP contribution in [0.15, 0.2) is 42.6 Å². The van der Waals surface area contributed by atoms with Crippen molar-refractivity contribution >= 4 is 17.5 Å². The summed E-state index contributed by atoms with van der Waals surface area (Å²) >= 11 is 0. The second-order valence-electron chi connectivity index (χ2n) is 7.43. The van der Waals surface area contributed by atoms with Gasteiger partial charge in [-0.3, -0.25) is 14.6 Å². The lowest BCUT2D eigenvalue weighted by molar-refractivity contribution is 0.0946. The van der Waals surface area contributed by atoms with Crippen molar-refractivity contribution in [1.29, 1.82) is 0 Å². The van der Waals surface area contributed by atoms with E-state index in [4.69, 9.17) is 0 Å². The summed E-state index contributed by atoms with van der Waals surface area (Å²) in [6.07, 6.45) is 3.51. The van der Waals surface area contributed by atoms with Crippen LogP contribution >= 0.6 is 0 Å². The van der Waals surface area contributed by atoms with E-state index in [1.54, 1.807) is 6.07 Å². The van der Waals surface area contributed by atoms with Gasteiger partial charge in [-0.05, 0) is 42.0 Å². The second kappa shape index (κ2) is 6.67. The molecule has 5 heteroatoms. The van der Waals surface area contributed by atoms with E-state index in [1.807, 2.05) is 24.3 Å². The molecule has 5 nitrogen and oxygen atoms in total. The molecule has 1 aromatic heterocycles. The number of carbonyl (C=O) groups is 2. The fourth-order valence-corrected chi connectivity index (χ4v) is 2.62. The van der Waals surface area contributed by atoms with E-state index in [-0.39, 0.29) is 29.0 Å². The van der Waals surface area contributed by atoms with E-state index in [9.17, 15) is 9.59 Å². The Morgan fingerprint density at radius 1 is 1.08 bits per heavy atom. The predicted molar refractivity (Wildman–Crippen MR) is 97.8 cm³/mol. The van der Waals surface area contributed by atoms with E-state index < -0.39 is 0 Å². The van der Waals surface area contributed by atoms with Crippen LogP contribution in [0.25, 0.3) is 0 Å². The Labute approximate surface area is 147 Å². The maximum atomic E-state index is 12.6. The lowest BCUT2D eigenvalue weighted by Gasteiger charge is -2.23. The van der Waals surface area contributed by atoms with Crippen LogP contribution in [0, 0.1) is 0 Å². The Kier molecular flexibility index (Phi) is 4.57. The van der Waals surface area contributed by atoms with Crippen molar-refractivity contribution in [2.75, 3.05) is 5.32 Å². The minimum absolute atomic E-state index is 0.0859. The number of hydrogen-bond donors (Lipinski definition) is 2. The van der Waals surface area contributed by atoms with Crippen molar-refractivity contribution < 1.29 is 9.59 Å². The third-order valence-corrected chi connectivity index (χ3v) is 4.15. The highest BCUT2D eigenvalue weighted by Gasteiger charge is 2.25. The molecule has 130 valence electrons. The van der Waals surface area contributed by atoms with Gasteiger partial charge in [-0.25, -0.2) is 0 Å². The molecular formula is C20H23N3O2. The first kappa shape index (κ1) is 17.1. The van der Waals surface area contributed by atoms with E-state index in [0.29, 0.717) is 5.56 Å². The number of aromatic nitrogens is 1. The van der Waals surface area contributed by atoms with Crippen LogP contribution in [0.2, 0.25) is 0 Å². The number of para-hydroxylation sites is 1. The van der Waals surface area contributed by atoms with Crippen molar-refractivity contribution in [3.63, 3.8) is 0 Å². The summed E-state index contributed by atoms with van der Waals surface area (Å²) in [6.45, 7) is 6.31. The van der Waals surface area contributed by atoms with Crippen LogP contribution in [0.3, 0.4) is 0 Å². The van der Waals surface area contributed by atoms with Crippen molar-refractivity contribution in [1.82, 2.24) is 10.3 Å². The normalized spacial score (nSPS) is 14.0. The van der Waals surface area contributed by atoms with Gasteiger partial charge in [-0.15, -0.1) is 0 Å². The molecule has 0 unspecified atom stereocenters. The molecular weight excluding hydrogens is 314 g/mol. The second-order valence-corrected chi connectivity index (χ2v) is 7.43. The van der Waals surface area contributed by atoms with Crippen molar-refractivity contribution in [3.05, 3.63) is 59.4 Å². The topological polar surface area (TPSA) is 71.1 Å². The van der Waals surface area contributed by atoms with Gasteiger partial charge in [-0.1, -0.05) is 39.0 Å². The molecule has 2 aromatic rings. The molecule has 25 heavy (non-hydrogen) atoms.